The average molecular weight is 419 g/mol. The van der Waals surface area contributed by atoms with Crippen LogP contribution in [-0.4, -0.2) is 54.7 Å². The molecule has 1 heterocycles. The zero-order chi connectivity index (χ0) is 19.1. The topological polar surface area (TPSA) is 119 Å². The molecule has 0 aromatic heterocycles. The van der Waals surface area contributed by atoms with Crippen LogP contribution in [0.2, 0.25) is 0 Å². The van der Waals surface area contributed by atoms with Crippen molar-refractivity contribution < 1.29 is 36.7 Å². The van der Waals surface area contributed by atoms with Gasteiger partial charge in [-0.1, -0.05) is 6.58 Å². The second kappa shape index (κ2) is 9.55. The van der Waals surface area contributed by atoms with Gasteiger partial charge in [0.2, 0.25) is 0 Å². The van der Waals surface area contributed by atoms with Crippen LogP contribution in [0.3, 0.4) is 0 Å². The summed E-state index contributed by atoms with van der Waals surface area (Å²) in [6.45, 7) is 4.99. The van der Waals surface area contributed by atoms with Gasteiger partial charge in [-0.15, -0.1) is 13.5 Å². The van der Waals surface area contributed by atoms with E-state index in [0.717, 1.165) is 0 Å². The van der Waals surface area contributed by atoms with Crippen LogP contribution in [0, 0.1) is 0 Å². The fraction of sp³-hybridized carbons (Fsp3) is 0.727. The minimum atomic E-state index is -3.22. The maximum Gasteiger partial charge on any atom is 0.348 e. The van der Waals surface area contributed by atoms with Gasteiger partial charge in [0.05, 0.1) is 6.61 Å². The van der Waals surface area contributed by atoms with Gasteiger partial charge in [0, 0.05) is 41.1 Å². The molecule has 0 aromatic carbocycles. The molecule has 1 unspecified atom stereocenters. The number of nitrogens with zero attached hydrogens (tertiary/aromatic N) is 3. The Balaban J connectivity index is 3.16. The molecule has 0 N–H and O–H groups in total. The van der Waals surface area contributed by atoms with Gasteiger partial charge in [-0.2, -0.15) is 0 Å². The molecule has 11 nitrogen and oxygen atoms in total. The lowest BCUT2D eigenvalue weighted by Gasteiger charge is -2.30. The van der Waals surface area contributed by atoms with Crippen LogP contribution in [0.5, 0.6) is 0 Å². The van der Waals surface area contributed by atoms with Crippen molar-refractivity contribution in [3.05, 3.63) is 12.2 Å². The van der Waals surface area contributed by atoms with Gasteiger partial charge in [-0.25, -0.2) is 4.79 Å². The van der Waals surface area contributed by atoms with Crippen LogP contribution in [0.4, 0.5) is 0 Å². The number of esters is 1. The van der Waals surface area contributed by atoms with E-state index < -0.39 is 28.9 Å². The zero-order valence-corrected chi connectivity index (χ0v) is 17.8. The summed E-state index contributed by atoms with van der Waals surface area (Å²) in [7, 11) is -2.44. The Morgan fingerprint density at radius 3 is 1.60 bits per heavy atom. The summed E-state index contributed by atoms with van der Waals surface area (Å²) < 4.78 is 50.5. The largest absolute Gasteiger partial charge is 0.460 e. The lowest BCUT2D eigenvalue weighted by molar-refractivity contribution is -0.139. The first-order chi connectivity index (χ1) is 11.8. The van der Waals surface area contributed by atoms with Crippen molar-refractivity contribution in [2.45, 2.75) is 6.92 Å². The van der Waals surface area contributed by atoms with Crippen LogP contribution >= 0.6 is 23.0 Å². The molecule has 0 saturated carbocycles. The van der Waals surface area contributed by atoms with Crippen molar-refractivity contribution in [3.63, 3.8) is 0 Å². The number of carbonyl (C=O) groups excluding carboxylic acids is 1. The average Bonchev–Trinajstić information content (AvgIpc) is 2.64. The predicted molar refractivity (Wildman–Crippen MR) is 94.8 cm³/mol. The van der Waals surface area contributed by atoms with Gasteiger partial charge in [-0.3, -0.25) is 0 Å². The van der Waals surface area contributed by atoms with E-state index in [2.05, 4.69) is 20.1 Å². The highest BCUT2D eigenvalue weighted by Gasteiger charge is 2.40. The third-order valence-corrected chi connectivity index (χ3v) is 11.1. The minimum absolute atomic E-state index is 0.0194. The highest BCUT2D eigenvalue weighted by Crippen LogP contribution is 2.79. The third-order valence-electron chi connectivity index (χ3n) is 2.79. The molecule has 0 bridgehead atoms. The molecule has 0 fully saturated rings. The van der Waals surface area contributed by atoms with Crippen molar-refractivity contribution in [1.82, 2.24) is 0 Å². The van der Waals surface area contributed by atoms with E-state index in [1.807, 2.05) is 0 Å². The van der Waals surface area contributed by atoms with Crippen LogP contribution in [0.15, 0.2) is 25.7 Å². The lowest BCUT2D eigenvalue weighted by Crippen LogP contribution is -2.10. The van der Waals surface area contributed by atoms with Gasteiger partial charge >= 0.3 is 28.9 Å². The summed E-state index contributed by atoms with van der Waals surface area (Å²) in [6.07, 6.45) is 0. The first kappa shape index (κ1) is 22.7. The Bertz CT molecular complexity index is 650. The first-order valence-corrected chi connectivity index (χ1v) is 11.5. The Labute approximate surface area is 147 Å². The highest BCUT2D eigenvalue weighted by molar-refractivity contribution is 7.78. The van der Waals surface area contributed by atoms with Crippen molar-refractivity contribution >= 4 is 28.9 Å². The molecule has 1 aliphatic rings. The molecule has 0 spiro atoms. The SMILES string of the molecule is C=C(C)C(=O)OCCOP1(OC)=NP(OC)(OC)=NP(OC)(OC)=N1. The number of ether oxygens (including phenoxy) is 1. The normalized spacial score (nSPS) is 23.8. The molecular formula is C11H24N3O8P3. The van der Waals surface area contributed by atoms with Gasteiger partial charge in [0.15, 0.2) is 0 Å². The van der Waals surface area contributed by atoms with E-state index in [4.69, 9.17) is 31.9 Å². The quantitative estimate of drug-likeness (QED) is 0.224. The molecular weight excluding hydrogens is 395 g/mol. The molecule has 146 valence electrons. The highest BCUT2D eigenvalue weighted by atomic mass is 31.3. The number of hydrogen-bond acceptors (Lipinski definition) is 11. The van der Waals surface area contributed by atoms with Crippen LogP contribution in [0.25, 0.3) is 0 Å². The molecule has 0 aromatic rings. The summed E-state index contributed by atoms with van der Waals surface area (Å²) >= 11 is 0. The number of carbonyl (C=O) groups is 1. The first-order valence-electron chi connectivity index (χ1n) is 6.93. The van der Waals surface area contributed by atoms with Gasteiger partial charge in [-0.05, 0) is 6.92 Å². The number of hydrogen-bond donors (Lipinski definition) is 0. The molecule has 14 heteroatoms. The molecule has 1 atom stereocenters. The van der Waals surface area contributed by atoms with Gasteiger partial charge in [0.1, 0.15) is 6.61 Å². The van der Waals surface area contributed by atoms with Crippen molar-refractivity contribution in [2.24, 2.45) is 13.5 Å². The fourth-order valence-electron chi connectivity index (χ4n) is 1.51. The fourth-order valence-corrected chi connectivity index (χ4v) is 10.4. The van der Waals surface area contributed by atoms with Crippen LogP contribution in [-0.2, 0) is 36.7 Å². The standard InChI is InChI=1S/C11H24N3O8P3/c1-10(2)11(15)21-8-9-22-25(20-7)13-23(16-3,17-4)12-24(14-25,18-5)19-6/h1,8-9H2,2-7H3. The molecule has 0 amide bonds. The maximum atomic E-state index is 11.4. The van der Waals surface area contributed by atoms with Crippen molar-refractivity contribution in [1.29, 1.82) is 0 Å². The van der Waals surface area contributed by atoms with Crippen molar-refractivity contribution in [3.8, 4) is 0 Å². The molecule has 1 rings (SSSR count). The van der Waals surface area contributed by atoms with E-state index >= 15 is 0 Å². The number of rotatable bonds is 10. The summed E-state index contributed by atoms with van der Waals surface area (Å²) in [6, 6.07) is 0. The van der Waals surface area contributed by atoms with E-state index in [9.17, 15) is 4.79 Å². The Morgan fingerprint density at radius 1 is 0.800 bits per heavy atom. The minimum Gasteiger partial charge on any atom is -0.460 e. The Morgan fingerprint density at radius 2 is 1.20 bits per heavy atom. The second-order valence-corrected chi connectivity index (χ2v) is 11.6. The van der Waals surface area contributed by atoms with E-state index in [1.165, 1.54) is 35.5 Å². The third kappa shape index (κ3) is 5.57. The maximum absolute atomic E-state index is 11.4. The zero-order valence-electron chi connectivity index (χ0n) is 15.1. The molecule has 1 aliphatic heterocycles. The lowest BCUT2D eigenvalue weighted by atomic mass is 10.4. The summed E-state index contributed by atoms with van der Waals surface area (Å²) in [4.78, 5) is 11.4. The Hall–Kier alpha value is -0.340. The summed E-state index contributed by atoms with van der Waals surface area (Å²) in [5.41, 5.74) is 0.287. The smallest absolute Gasteiger partial charge is 0.348 e. The van der Waals surface area contributed by atoms with E-state index in [1.54, 1.807) is 6.92 Å². The second-order valence-electron chi connectivity index (χ2n) is 4.40. The molecule has 0 saturated heterocycles. The van der Waals surface area contributed by atoms with E-state index in [0.29, 0.717) is 0 Å². The van der Waals surface area contributed by atoms with Gasteiger partial charge < -0.3 is 31.9 Å². The molecule has 25 heavy (non-hydrogen) atoms. The van der Waals surface area contributed by atoms with Gasteiger partial charge in [0.25, 0.3) is 0 Å². The van der Waals surface area contributed by atoms with Crippen LogP contribution in [0.1, 0.15) is 6.92 Å². The predicted octanol–water partition coefficient (Wildman–Crippen LogP) is 4.21. The molecule has 0 radical (unpaired) electrons. The van der Waals surface area contributed by atoms with Crippen LogP contribution < -0.4 is 0 Å². The molecule has 0 aliphatic carbocycles. The summed E-state index contributed by atoms with van der Waals surface area (Å²) in [5.74, 6) is -0.521. The van der Waals surface area contributed by atoms with Crippen molar-refractivity contribution in [2.75, 3.05) is 48.8 Å². The van der Waals surface area contributed by atoms with E-state index in [-0.39, 0.29) is 18.8 Å². The summed E-state index contributed by atoms with van der Waals surface area (Å²) in [5, 5.41) is 0. The monoisotopic (exact) mass is 419 g/mol. The Kier molecular flexibility index (Phi) is 8.67.